The summed E-state index contributed by atoms with van der Waals surface area (Å²) in [7, 11) is 0. The number of hydrogen-bond acceptors (Lipinski definition) is 12. The van der Waals surface area contributed by atoms with E-state index in [0.717, 1.165) is 104 Å². The summed E-state index contributed by atoms with van der Waals surface area (Å²) in [5, 5.41) is 8.53. The molecule has 0 spiro atoms. The zero-order valence-electron chi connectivity index (χ0n) is 36.0. The van der Waals surface area contributed by atoms with Crippen LogP contribution >= 0.6 is 0 Å². The molecule has 0 aliphatic carbocycles. The fourth-order valence-corrected chi connectivity index (χ4v) is 10.2. The van der Waals surface area contributed by atoms with Crippen LogP contribution < -0.4 is 20.9 Å². The van der Waals surface area contributed by atoms with Crippen LogP contribution in [-0.4, -0.2) is 110 Å². The van der Waals surface area contributed by atoms with Gasteiger partial charge >= 0.3 is 0 Å². The Bertz CT molecular complexity index is 2680. The number of carbonyl (C=O) groups is 5. The molecule has 2 aromatic heterocycles. The van der Waals surface area contributed by atoms with Crippen molar-refractivity contribution in [2.45, 2.75) is 70.1 Å². The standard InChI is InChI=1S/C49H49FN10O5/c1-29-4-9-34(21-41(29)55-49-52-18-14-40(54-49)33-3-2-17-51-24-33)53-45(62)32-7-5-30(6-8-32)25-57-19-15-31(16-20-57)26-58-27-35-10-11-36(28-58)59(35)43-23-38-37(22-39(43)50)47(64)60(48(38)65)42-12-13-44(61)56-46(42)63/h2-9,14,17-18,21-24,31,35-36,42H,10-13,15-16,19-20,25-28H2,1H3,(H,53,62)(H,52,54,55)(H,56,61,63). The van der Waals surface area contributed by atoms with E-state index in [1.54, 1.807) is 18.6 Å². The topological polar surface area (TPSA) is 173 Å². The summed E-state index contributed by atoms with van der Waals surface area (Å²) in [6, 6.07) is 20.8. The summed E-state index contributed by atoms with van der Waals surface area (Å²) in [5.74, 6) is -2.23. The molecule has 3 N–H and O–H groups in total. The molecule has 5 aliphatic rings. The van der Waals surface area contributed by atoms with Crippen LogP contribution in [0.1, 0.15) is 80.7 Å². The van der Waals surface area contributed by atoms with Gasteiger partial charge in [-0.25, -0.2) is 14.4 Å². The molecule has 3 aromatic carbocycles. The summed E-state index contributed by atoms with van der Waals surface area (Å²) in [6.07, 6.45) is 9.22. The summed E-state index contributed by atoms with van der Waals surface area (Å²) in [5.41, 5.74) is 6.16. The van der Waals surface area contributed by atoms with E-state index in [2.05, 4.69) is 45.6 Å². The van der Waals surface area contributed by atoms with Crippen molar-refractivity contribution in [2.75, 3.05) is 48.3 Å². The first-order valence-corrected chi connectivity index (χ1v) is 22.3. The lowest BCUT2D eigenvalue weighted by Gasteiger charge is -2.44. The largest absolute Gasteiger partial charge is 0.361 e. The first-order chi connectivity index (χ1) is 31.5. The van der Waals surface area contributed by atoms with E-state index in [1.165, 1.54) is 6.07 Å². The Morgan fingerprint density at radius 1 is 0.846 bits per heavy atom. The lowest BCUT2D eigenvalue weighted by atomic mass is 9.95. The number of rotatable bonds is 11. The quantitative estimate of drug-likeness (QED) is 0.134. The van der Waals surface area contributed by atoms with Gasteiger partial charge < -0.3 is 15.5 Å². The zero-order valence-corrected chi connectivity index (χ0v) is 36.0. The van der Waals surface area contributed by atoms with Crippen molar-refractivity contribution in [2.24, 2.45) is 5.92 Å². The van der Waals surface area contributed by atoms with Crippen LogP contribution in [0.2, 0.25) is 0 Å². The number of aryl methyl sites for hydroxylation is 1. The normalized spacial score (nSPS) is 21.4. The van der Waals surface area contributed by atoms with Gasteiger partial charge in [0.2, 0.25) is 17.8 Å². The van der Waals surface area contributed by atoms with E-state index in [-0.39, 0.29) is 42.0 Å². The van der Waals surface area contributed by atoms with Crippen molar-refractivity contribution in [1.29, 1.82) is 0 Å². The third-order valence-electron chi connectivity index (χ3n) is 13.5. The van der Waals surface area contributed by atoms with Crippen LogP contribution in [0.3, 0.4) is 0 Å². The molecule has 0 radical (unpaired) electrons. The van der Waals surface area contributed by atoms with Crippen molar-refractivity contribution in [3.05, 3.63) is 125 Å². The van der Waals surface area contributed by atoms with E-state index in [9.17, 15) is 24.0 Å². The van der Waals surface area contributed by atoms with Gasteiger partial charge in [0.15, 0.2) is 0 Å². The molecule has 65 heavy (non-hydrogen) atoms. The smallest absolute Gasteiger partial charge is 0.262 e. The number of piperazine rings is 1. The molecular weight excluding hydrogens is 828 g/mol. The number of aromatic nitrogens is 3. The predicted molar refractivity (Wildman–Crippen MR) is 241 cm³/mol. The zero-order chi connectivity index (χ0) is 44.8. The molecule has 10 rings (SSSR count). The summed E-state index contributed by atoms with van der Waals surface area (Å²) < 4.78 is 15.8. The fourth-order valence-electron chi connectivity index (χ4n) is 10.2. The second kappa shape index (κ2) is 17.6. The van der Waals surface area contributed by atoms with E-state index < -0.39 is 35.5 Å². The molecular formula is C49H49FN10O5. The van der Waals surface area contributed by atoms with Crippen molar-refractivity contribution < 1.29 is 28.4 Å². The molecule has 5 aliphatic heterocycles. The number of fused-ring (bicyclic) bond motifs is 3. The summed E-state index contributed by atoms with van der Waals surface area (Å²) >= 11 is 0. The number of amides is 5. The van der Waals surface area contributed by atoms with Crippen molar-refractivity contribution >= 4 is 52.5 Å². The highest BCUT2D eigenvalue weighted by Crippen LogP contribution is 2.40. The Kier molecular flexibility index (Phi) is 11.4. The van der Waals surface area contributed by atoms with Gasteiger partial charge in [0, 0.05) is 85.8 Å². The number of likely N-dealkylation sites (tertiary alicyclic amines) is 2. The van der Waals surface area contributed by atoms with E-state index >= 15 is 4.39 Å². The van der Waals surface area contributed by atoms with Crippen molar-refractivity contribution in [3.63, 3.8) is 0 Å². The minimum absolute atomic E-state index is 0.0219. The summed E-state index contributed by atoms with van der Waals surface area (Å²) in [6.45, 7) is 7.30. The molecule has 0 saturated carbocycles. The molecule has 5 amide bonds. The van der Waals surface area contributed by atoms with Gasteiger partial charge in [0.25, 0.3) is 17.7 Å². The highest BCUT2D eigenvalue weighted by Gasteiger charge is 2.47. The Morgan fingerprint density at radius 3 is 2.32 bits per heavy atom. The van der Waals surface area contributed by atoms with E-state index in [1.807, 2.05) is 67.6 Å². The monoisotopic (exact) mass is 876 g/mol. The molecule has 3 unspecified atom stereocenters. The van der Waals surface area contributed by atoms with Gasteiger partial charge in [0.1, 0.15) is 11.9 Å². The maximum atomic E-state index is 15.8. The lowest BCUT2D eigenvalue weighted by Crippen LogP contribution is -2.55. The van der Waals surface area contributed by atoms with Crippen LogP contribution in [-0.2, 0) is 16.1 Å². The van der Waals surface area contributed by atoms with Gasteiger partial charge in [-0.15, -0.1) is 0 Å². The molecule has 332 valence electrons. The minimum Gasteiger partial charge on any atom is -0.361 e. The number of nitrogens with zero attached hydrogens (tertiary/aromatic N) is 7. The highest BCUT2D eigenvalue weighted by atomic mass is 19.1. The number of imide groups is 2. The molecule has 4 fully saturated rings. The van der Waals surface area contributed by atoms with Gasteiger partial charge in [-0.3, -0.25) is 49.0 Å². The third kappa shape index (κ3) is 8.58. The number of carbonyl (C=O) groups excluding carboxylic acids is 5. The average molecular weight is 877 g/mol. The number of anilines is 4. The Morgan fingerprint density at radius 2 is 1.60 bits per heavy atom. The SMILES string of the molecule is Cc1ccc(NC(=O)c2ccc(CN3CCC(CN4CC5CCC(C4)N5c4cc5c(cc4F)C(=O)N(C4CCC(=O)NC4=O)C5=O)CC3)cc2)cc1Nc1nccc(-c2cccnc2)n1. The molecule has 15 nitrogen and oxygen atoms in total. The molecule has 5 aromatic rings. The third-order valence-corrected chi connectivity index (χ3v) is 13.5. The van der Waals surface area contributed by atoms with Gasteiger partial charge in [-0.1, -0.05) is 18.2 Å². The number of halogens is 1. The van der Waals surface area contributed by atoms with Crippen molar-refractivity contribution in [3.8, 4) is 11.3 Å². The second-order valence-electron chi connectivity index (χ2n) is 17.8. The number of nitrogens with one attached hydrogen (secondary N) is 3. The first kappa shape index (κ1) is 42.1. The first-order valence-electron chi connectivity index (χ1n) is 22.3. The average Bonchev–Trinajstić information content (AvgIpc) is 3.71. The number of benzene rings is 3. The second-order valence-corrected chi connectivity index (χ2v) is 17.8. The molecule has 4 saturated heterocycles. The maximum Gasteiger partial charge on any atom is 0.262 e. The lowest BCUT2D eigenvalue weighted by molar-refractivity contribution is -0.136. The highest BCUT2D eigenvalue weighted by molar-refractivity contribution is 6.23. The molecule has 3 atom stereocenters. The number of pyridine rings is 1. The van der Waals surface area contributed by atoms with Gasteiger partial charge in [-0.2, -0.15) is 0 Å². The number of piperidine rings is 2. The van der Waals surface area contributed by atoms with Crippen LogP contribution in [0.5, 0.6) is 0 Å². The number of hydrogen-bond donors (Lipinski definition) is 3. The van der Waals surface area contributed by atoms with E-state index in [4.69, 9.17) is 0 Å². The van der Waals surface area contributed by atoms with Crippen LogP contribution in [0.25, 0.3) is 11.3 Å². The van der Waals surface area contributed by atoms with Crippen LogP contribution in [0.15, 0.2) is 91.4 Å². The van der Waals surface area contributed by atoms with E-state index in [0.29, 0.717) is 28.8 Å². The van der Waals surface area contributed by atoms with Crippen LogP contribution in [0.4, 0.5) is 27.4 Å². The Hall–Kier alpha value is -6.91. The fraction of sp³-hybridized carbons (Fsp3) is 0.347. The minimum atomic E-state index is -1.10. The van der Waals surface area contributed by atoms with Gasteiger partial charge in [0.05, 0.1) is 22.5 Å². The van der Waals surface area contributed by atoms with Gasteiger partial charge in [-0.05, 0) is 124 Å². The summed E-state index contributed by atoms with van der Waals surface area (Å²) in [4.78, 5) is 85.5. The van der Waals surface area contributed by atoms with Crippen LogP contribution in [0, 0.1) is 18.7 Å². The van der Waals surface area contributed by atoms with Crippen molar-refractivity contribution in [1.82, 2.24) is 35.0 Å². The predicted octanol–water partition coefficient (Wildman–Crippen LogP) is 5.95. The Balaban J connectivity index is 0.698. The maximum absolute atomic E-state index is 15.8. The molecule has 7 heterocycles. The molecule has 2 bridgehead atoms. The molecule has 16 heteroatoms. The Labute approximate surface area is 375 Å².